The number of benzene rings is 2. The van der Waals surface area contributed by atoms with Gasteiger partial charge in [-0.25, -0.2) is 4.39 Å². The molecular weight excluding hydrogens is 461 g/mol. The molecule has 7 nitrogen and oxygen atoms in total. The first-order valence-electron chi connectivity index (χ1n) is 11.7. The molecule has 8 heteroatoms. The molecule has 0 saturated carbocycles. The molecule has 0 fully saturated rings. The number of carbonyl (C=O) groups excluding carboxylic acids is 1. The van der Waals surface area contributed by atoms with Gasteiger partial charge in [-0.2, -0.15) is 0 Å². The van der Waals surface area contributed by atoms with Crippen LogP contribution in [0.1, 0.15) is 36.7 Å². The molecule has 36 heavy (non-hydrogen) atoms. The van der Waals surface area contributed by atoms with Gasteiger partial charge in [0.05, 0.1) is 26.3 Å². The molecule has 4 rings (SSSR count). The molecule has 0 saturated heterocycles. The van der Waals surface area contributed by atoms with Crippen LogP contribution in [0.5, 0.6) is 11.5 Å². The molecule has 0 bridgehead atoms. The van der Waals surface area contributed by atoms with Gasteiger partial charge in [-0.3, -0.25) is 9.78 Å². The lowest BCUT2D eigenvalue weighted by Crippen LogP contribution is -2.07. The smallest absolute Gasteiger partial charge is 0.310 e. The molecular formula is C28H30FN3O4. The zero-order chi connectivity index (χ0) is 25.8. The van der Waals surface area contributed by atoms with E-state index < -0.39 is 5.82 Å². The number of nitrogens with two attached hydrogens (primary N) is 1. The Kier molecular flexibility index (Phi) is 7.55. The summed E-state index contributed by atoms with van der Waals surface area (Å²) >= 11 is 0. The second-order valence-electron chi connectivity index (χ2n) is 8.73. The van der Waals surface area contributed by atoms with Crippen LogP contribution in [0.4, 0.5) is 4.39 Å². The van der Waals surface area contributed by atoms with Crippen molar-refractivity contribution in [1.82, 2.24) is 9.55 Å². The van der Waals surface area contributed by atoms with E-state index in [1.165, 1.54) is 7.11 Å². The Morgan fingerprint density at radius 1 is 1.11 bits per heavy atom. The number of nitrogens with zero attached hydrogens (tertiary/aromatic N) is 2. The van der Waals surface area contributed by atoms with E-state index in [1.807, 2.05) is 24.4 Å². The van der Waals surface area contributed by atoms with Crippen LogP contribution in [-0.2, 0) is 29.1 Å². The molecule has 2 heterocycles. The normalized spacial score (nSPS) is 11.2. The number of ether oxygens (including phenoxy) is 3. The third kappa shape index (κ3) is 5.04. The Balaban J connectivity index is 1.78. The van der Waals surface area contributed by atoms with E-state index >= 15 is 4.39 Å². The minimum atomic E-state index is -0.426. The molecule has 0 aliphatic heterocycles. The summed E-state index contributed by atoms with van der Waals surface area (Å²) in [5.74, 6) is 0.329. The van der Waals surface area contributed by atoms with Gasteiger partial charge in [-0.05, 0) is 55.3 Å². The summed E-state index contributed by atoms with van der Waals surface area (Å²) in [6.45, 7) is 4.40. The highest BCUT2D eigenvalue weighted by molar-refractivity contribution is 5.96. The van der Waals surface area contributed by atoms with Crippen molar-refractivity contribution in [2.24, 2.45) is 5.73 Å². The van der Waals surface area contributed by atoms with Crippen LogP contribution in [-0.4, -0.2) is 29.7 Å². The highest BCUT2D eigenvalue weighted by Gasteiger charge is 2.18. The van der Waals surface area contributed by atoms with Crippen molar-refractivity contribution in [2.45, 2.75) is 39.5 Å². The van der Waals surface area contributed by atoms with Crippen LogP contribution in [0.2, 0.25) is 0 Å². The lowest BCUT2D eigenvalue weighted by atomic mass is 9.98. The Morgan fingerprint density at radius 2 is 1.92 bits per heavy atom. The average molecular weight is 492 g/mol. The number of fused-ring (bicyclic) bond motifs is 1. The van der Waals surface area contributed by atoms with Crippen LogP contribution < -0.4 is 15.2 Å². The lowest BCUT2D eigenvalue weighted by Gasteiger charge is -2.16. The van der Waals surface area contributed by atoms with Gasteiger partial charge in [0, 0.05) is 53.1 Å². The van der Waals surface area contributed by atoms with E-state index in [4.69, 9.17) is 19.9 Å². The maximum atomic E-state index is 15.3. The number of methoxy groups -OCH3 is 2. The van der Waals surface area contributed by atoms with E-state index in [-0.39, 0.29) is 37.3 Å². The Hall–Kier alpha value is -3.91. The fourth-order valence-electron chi connectivity index (χ4n) is 4.24. The van der Waals surface area contributed by atoms with E-state index in [0.717, 1.165) is 22.0 Å². The van der Waals surface area contributed by atoms with Gasteiger partial charge in [0.25, 0.3) is 0 Å². The third-order valence-electron chi connectivity index (χ3n) is 6.13. The van der Waals surface area contributed by atoms with E-state index in [9.17, 15) is 4.79 Å². The summed E-state index contributed by atoms with van der Waals surface area (Å²) in [6.07, 6.45) is 3.65. The molecule has 2 aromatic carbocycles. The van der Waals surface area contributed by atoms with Crippen LogP contribution in [0, 0.1) is 5.82 Å². The summed E-state index contributed by atoms with van der Waals surface area (Å²) in [5.41, 5.74) is 9.59. The molecule has 0 aliphatic carbocycles. The van der Waals surface area contributed by atoms with Crippen LogP contribution in [0.25, 0.3) is 22.0 Å². The van der Waals surface area contributed by atoms with Crippen molar-refractivity contribution in [3.8, 4) is 22.6 Å². The highest BCUT2D eigenvalue weighted by Crippen LogP contribution is 2.35. The topological polar surface area (TPSA) is 88.6 Å². The number of hydrogen-bond acceptors (Lipinski definition) is 6. The minimum Gasteiger partial charge on any atom is -0.497 e. The van der Waals surface area contributed by atoms with Gasteiger partial charge in [-0.1, -0.05) is 6.07 Å². The second kappa shape index (κ2) is 10.8. The molecule has 0 aliphatic rings. The average Bonchev–Trinajstić information content (AvgIpc) is 3.32. The maximum Gasteiger partial charge on any atom is 0.310 e. The van der Waals surface area contributed by atoms with Crippen molar-refractivity contribution in [2.75, 3.05) is 14.2 Å². The summed E-state index contributed by atoms with van der Waals surface area (Å²) in [4.78, 5) is 16.0. The van der Waals surface area contributed by atoms with Crippen molar-refractivity contribution in [3.05, 3.63) is 77.5 Å². The molecule has 188 valence electrons. The highest BCUT2D eigenvalue weighted by atomic mass is 19.1. The van der Waals surface area contributed by atoms with Crippen LogP contribution in [0.15, 0.2) is 54.9 Å². The number of halogens is 1. The Labute approximate surface area is 209 Å². The molecule has 0 unspecified atom stereocenters. The van der Waals surface area contributed by atoms with E-state index in [0.29, 0.717) is 22.6 Å². The first kappa shape index (κ1) is 25.2. The monoisotopic (exact) mass is 491 g/mol. The van der Waals surface area contributed by atoms with Crippen LogP contribution in [0.3, 0.4) is 0 Å². The molecule has 0 atom stereocenters. The molecule has 2 N–H and O–H groups in total. The molecule has 0 radical (unpaired) electrons. The van der Waals surface area contributed by atoms with Gasteiger partial charge >= 0.3 is 5.97 Å². The second-order valence-corrected chi connectivity index (χ2v) is 8.73. The zero-order valence-electron chi connectivity index (χ0n) is 20.9. The molecule has 2 aromatic heterocycles. The van der Waals surface area contributed by atoms with Gasteiger partial charge in [0.2, 0.25) is 0 Å². The predicted molar refractivity (Wildman–Crippen MR) is 136 cm³/mol. The number of rotatable bonds is 9. The van der Waals surface area contributed by atoms with Gasteiger partial charge in [0.15, 0.2) is 5.82 Å². The number of pyridine rings is 1. The van der Waals surface area contributed by atoms with Crippen molar-refractivity contribution >= 4 is 16.9 Å². The Morgan fingerprint density at radius 3 is 2.61 bits per heavy atom. The van der Waals surface area contributed by atoms with Crippen molar-refractivity contribution in [3.63, 3.8) is 0 Å². The van der Waals surface area contributed by atoms with E-state index in [2.05, 4.69) is 23.4 Å². The standard InChI is InChI=1S/C28H30FN3O4/c1-17(2)32-10-8-21-23(22-7-9-31-24(15-30)28(22)29)11-18(12-25(21)32)16-36-26-14-20(34-3)6-5-19(26)13-27(33)35-4/h5-12,14,17H,13,15-16,30H2,1-4H3. The van der Waals surface area contributed by atoms with Crippen LogP contribution >= 0.6 is 0 Å². The minimum absolute atomic E-state index is 0.0113. The summed E-state index contributed by atoms with van der Waals surface area (Å²) < 4.78 is 33.8. The van der Waals surface area contributed by atoms with E-state index in [1.54, 1.807) is 37.6 Å². The van der Waals surface area contributed by atoms with Crippen molar-refractivity contribution < 1.29 is 23.4 Å². The first-order chi connectivity index (χ1) is 17.4. The largest absolute Gasteiger partial charge is 0.497 e. The quantitative estimate of drug-likeness (QED) is 0.325. The number of carbonyl (C=O) groups is 1. The fourth-order valence-corrected chi connectivity index (χ4v) is 4.24. The SMILES string of the molecule is COC(=O)Cc1ccc(OC)cc1OCc1cc(-c2ccnc(CN)c2F)c2ccn(C(C)C)c2c1. The number of hydrogen-bond donors (Lipinski definition) is 1. The van der Waals surface area contributed by atoms with Gasteiger partial charge < -0.3 is 24.5 Å². The number of aromatic nitrogens is 2. The Bertz CT molecular complexity index is 1400. The first-order valence-corrected chi connectivity index (χ1v) is 11.7. The zero-order valence-corrected chi connectivity index (χ0v) is 20.9. The predicted octanol–water partition coefficient (Wildman–Crippen LogP) is 5.19. The molecule has 4 aromatic rings. The maximum absolute atomic E-state index is 15.3. The summed E-state index contributed by atoms with van der Waals surface area (Å²) in [5, 5.41) is 0.924. The number of esters is 1. The summed E-state index contributed by atoms with van der Waals surface area (Å²) in [6, 6.07) is 13.1. The lowest BCUT2D eigenvalue weighted by molar-refractivity contribution is -0.139. The summed E-state index contributed by atoms with van der Waals surface area (Å²) in [7, 11) is 2.92. The molecule has 0 amide bonds. The van der Waals surface area contributed by atoms with Crippen molar-refractivity contribution in [1.29, 1.82) is 0 Å². The van der Waals surface area contributed by atoms with Gasteiger partial charge in [-0.15, -0.1) is 0 Å². The third-order valence-corrected chi connectivity index (χ3v) is 6.13. The van der Waals surface area contributed by atoms with Gasteiger partial charge in [0.1, 0.15) is 18.1 Å². The fraction of sp³-hybridized carbons (Fsp3) is 0.286. The molecule has 0 spiro atoms.